The summed E-state index contributed by atoms with van der Waals surface area (Å²) in [5, 5.41) is 23.4. The van der Waals surface area contributed by atoms with Gasteiger partial charge >= 0.3 is 0 Å². The average molecular weight is 740 g/mol. The van der Waals surface area contributed by atoms with E-state index < -0.39 is 40.0 Å². The van der Waals surface area contributed by atoms with Gasteiger partial charge in [-0.1, -0.05) is 198 Å². The molecule has 7 nitrogen and oxygen atoms in total. The molecule has 0 aliphatic rings. The third-order valence-electron chi connectivity index (χ3n) is 9.65. The maximum absolute atomic E-state index is 12.6. The first kappa shape index (κ1) is 49.5. The van der Waals surface area contributed by atoms with Crippen LogP contribution in [0.1, 0.15) is 206 Å². The van der Waals surface area contributed by atoms with E-state index in [1.165, 1.54) is 134 Å². The summed E-state index contributed by atoms with van der Waals surface area (Å²) in [6, 6.07) is -1.25. The van der Waals surface area contributed by atoms with Crippen LogP contribution >= 0.6 is 0 Å². The van der Waals surface area contributed by atoms with Crippen molar-refractivity contribution < 1.29 is 28.0 Å². The number of amides is 1. The number of carbonyl (C=O) groups is 1. The molecule has 51 heavy (non-hydrogen) atoms. The van der Waals surface area contributed by atoms with Crippen molar-refractivity contribution in [1.82, 2.24) is 5.32 Å². The summed E-state index contributed by atoms with van der Waals surface area (Å²) in [6.07, 6.45) is 45.0. The summed E-state index contributed by atoms with van der Waals surface area (Å²) >= 11 is 0. The molecular weight excluding hydrogens is 659 g/mol. The highest BCUT2D eigenvalue weighted by Gasteiger charge is 2.27. The Morgan fingerprint density at radius 2 is 0.882 bits per heavy atom. The predicted octanol–water partition coefficient (Wildman–Crippen LogP) is 11.5. The van der Waals surface area contributed by atoms with Gasteiger partial charge in [-0.2, -0.15) is 8.42 Å². The van der Waals surface area contributed by atoms with E-state index in [1.807, 2.05) is 0 Å². The Morgan fingerprint density at radius 3 is 1.29 bits per heavy atom. The molecule has 0 bridgehead atoms. The molecule has 0 rings (SSSR count). The SMILES string of the molecule is CCCCC/C=C/CC/C=C/CC/C=C/C(O)C(CS(=O)(=O)O)NC(=O)C(O)CCCCCCCCCCCCCCCCCCCCCCC. The van der Waals surface area contributed by atoms with Gasteiger partial charge in [0.1, 0.15) is 6.10 Å². The van der Waals surface area contributed by atoms with Crippen LogP contribution in [-0.2, 0) is 14.9 Å². The molecule has 1 amide bonds. The minimum atomic E-state index is -4.45. The largest absolute Gasteiger partial charge is 0.387 e. The second-order valence-corrected chi connectivity index (χ2v) is 16.2. The van der Waals surface area contributed by atoms with Gasteiger partial charge < -0.3 is 15.5 Å². The molecule has 8 heteroatoms. The first-order chi connectivity index (χ1) is 24.7. The number of hydrogen-bond donors (Lipinski definition) is 4. The van der Waals surface area contributed by atoms with Gasteiger partial charge in [0.2, 0.25) is 5.91 Å². The maximum Gasteiger partial charge on any atom is 0.267 e. The second kappa shape index (κ2) is 36.9. The van der Waals surface area contributed by atoms with Crippen LogP contribution in [0.25, 0.3) is 0 Å². The van der Waals surface area contributed by atoms with Gasteiger partial charge in [0.05, 0.1) is 17.9 Å². The van der Waals surface area contributed by atoms with E-state index in [0.29, 0.717) is 12.8 Å². The first-order valence-electron chi connectivity index (χ1n) is 21.3. The molecule has 0 aliphatic heterocycles. The highest BCUT2D eigenvalue weighted by atomic mass is 32.2. The predicted molar refractivity (Wildman–Crippen MR) is 218 cm³/mol. The van der Waals surface area contributed by atoms with Crippen LogP contribution in [0.5, 0.6) is 0 Å². The molecule has 3 unspecified atom stereocenters. The molecule has 0 fully saturated rings. The van der Waals surface area contributed by atoms with Crippen LogP contribution in [0.15, 0.2) is 36.5 Å². The zero-order valence-electron chi connectivity index (χ0n) is 33.1. The van der Waals surface area contributed by atoms with Gasteiger partial charge in [0.15, 0.2) is 0 Å². The lowest BCUT2D eigenvalue weighted by molar-refractivity contribution is -0.130. The van der Waals surface area contributed by atoms with Crippen molar-refractivity contribution in [1.29, 1.82) is 0 Å². The molecular formula is C43H81NO6S. The Morgan fingerprint density at radius 1 is 0.529 bits per heavy atom. The van der Waals surface area contributed by atoms with Gasteiger partial charge in [-0.3, -0.25) is 9.35 Å². The molecule has 0 aromatic heterocycles. The Hall–Kier alpha value is -1.48. The molecule has 0 heterocycles. The summed E-state index contributed by atoms with van der Waals surface area (Å²) in [4.78, 5) is 12.6. The van der Waals surface area contributed by atoms with Crippen molar-refractivity contribution in [3.63, 3.8) is 0 Å². The monoisotopic (exact) mass is 740 g/mol. The summed E-state index contributed by atoms with van der Waals surface area (Å²) in [5.74, 6) is -1.56. The number of nitrogens with one attached hydrogen (secondary N) is 1. The zero-order chi connectivity index (χ0) is 37.7. The molecule has 0 aromatic rings. The molecule has 3 atom stereocenters. The van der Waals surface area contributed by atoms with Crippen molar-refractivity contribution in [3.8, 4) is 0 Å². The molecule has 300 valence electrons. The van der Waals surface area contributed by atoms with Gasteiger partial charge in [-0.05, 0) is 44.9 Å². The maximum atomic E-state index is 12.6. The number of hydrogen-bond acceptors (Lipinski definition) is 5. The normalized spacial score (nSPS) is 14.2. The van der Waals surface area contributed by atoms with Crippen LogP contribution in [0.2, 0.25) is 0 Å². The number of allylic oxidation sites excluding steroid dienone is 5. The van der Waals surface area contributed by atoms with E-state index in [2.05, 4.69) is 43.5 Å². The minimum Gasteiger partial charge on any atom is -0.387 e. The first-order valence-corrected chi connectivity index (χ1v) is 22.9. The molecule has 0 aliphatic carbocycles. The number of aliphatic hydroxyl groups is 2. The van der Waals surface area contributed by atoms with Crippen LogP contribution in [0, 0.1) is 0 Å². The summed E-state index contributed by atoms with van der Waals surface area (Å²) < 4.78 is 32.5. The molecule has 0 spiro atoms. The Balaban J connectivity index is 3.98. The van der Waals surface area contributed by atoms with Crippen molar-refractivity contribution in [2.24, 2.45) is 0 Å². The van der Waals surface area contributed by atoms with Gasteiger partial charge in [0, 0.05) is 0 Å². The quantitative estimate of drug-likeness (QED) is 0.0284. The fourth-order valence-electron chi connectivity index (χ4n) is 6.37. The van der Waals surface area contributed by atoms with Crippen molar-refractivity contribution in [2.75, 3.05) is 5.75 Å². The number of aliphatic hydroxyl groups excluding tert-OH is 2. The standard InChI is InChI=1S/C43H81NO6S/c1-3-5-7-9-11-13-15-17-18-19-20-21-22-23-24-26-28-30-32-34-36-38-42(46)43(47)44-40(39-51(48,49)50)41(45)37-35-33-31-29-27-25-16-14-12-10-8-6-4-2/h12,14,27,29,35,37,40-42,45-46H,3-11,13,15-26,28,30-34,36,38-39H2,1-2H3,(H,44,47)(H,48,49,50)/b14-12+,29-27+,37-35+. The van der Waals surface area contributed by atoms with Gasteiger partial charge in [0.25, 0.3) is 10.1 Å². The number of carbonyl (C=O) groups excluding carboxylic acids is 1. The minimum absolute atomic E-state index is 0.274. The smallest absolute Gasteiger partial charge is 0.267 e. The Bertz CT molecular complexity index is 964. The van der Waals surface area contributed by atoms with Crippen molar-refractivity contribution >= 4 is 16.0 Å². The summed E-state index contributed by atoms with van der Waals surface area (Å²) in [7, 11) is -4.45. The van der Waals surface area contributed by atoms with E-state index >= 15 is 0 Å². The molecule has 0 saturated heterocycles. The lowest BCUT2D eigenvalue weighted by atomic mass is 10.0. The van der Waals surface area contributed by atoms with E-state index in [9.17, 15) is 28.0 Å². The highest BCUT2D eigenvalue weighted by molar-refractivity contribution is 7.85. The Kier molecular flexibility index (Phi) is 35.8. The summed E-state index contributed by atoms with van der Waals surface area (Å²) in [5.41, 5.74) is 0. The fraction of sp³-hybridized carbons (Fsp3) is 0.837. The molecule has 0 saturated carbocycles. The van der Waals surface area contributed by atoms with Gasteiger partial charge in [-0.15, -0.1) is 0 Å². The second-order valence-electron chi connectivity index (χ2n) is 14.8. The van der Waals surface area contributed by atoms with Crippen molar-refractivity contribution in [2.45, 2.75) is 225 Å². The van der Waals surface area contributed by atoms with E-state index in [0.717, 1.165) is 44.9 Å². The number of unbranched alkanes of at least 4 members (excludes halogenated alkanes) is 25. The van der Waals surface area contributed by atoms with Crippen LogP contribution in [0.3, 0.4) is 0 Å². The highest BCUT2D eigenvalue weighted by Crippen LogP contribution is 2.16. The Labute approximate surface area is 315 Å². The molecule has 0 aromatic carbocycles. The molecule has 0 radical (unpaired) electrons. The fourth-order valence-corrected chi connectivity index (χ4v) is 7.10. The van der Waals surface area contributed by atoms with Crippen LogP contribution < -0.4 is 5.32 Å². The van der Waals surface area contributed by atoms with Crippen LogP contribution in [0.4, 0.5) is 0 Å². The number of rotatable bonds is 38. The third-order valence-corrected chi connectivity index (χ3v) is 10.4. The lowest BCUT2D eigenvalue weighted by Gasteiger charge is -2.22. The van der Waals surface area contributed by atoms with Crippen molar-refractivity contribution in [3.05, 3.63) is 36.5 Å². The zero-order valence-corrected chi connectivity index (χ0v) is 33.9. The van der Waals surface area contributed by atoms with E-state index in [1.54, 1.807) is 6.08 Å². The van der Waals surface area contributed by atoms with E-state index in [4.69, 9.17) is 0 Å². The van der Waals surface area contributed by atoms with E-state index in [-0.39, 0.29) is 6.42 Å². The topological polar surface area (TPSA) is 124 Å². The lowest BCUT2D eigenvalue weighted by Crippen LogP contribution is -2.50. The third kappa shape index (κ3) is 36.7. The van der Waals surface area contributed by atoms with Gasteiger partial charge in [-0.25, -0.2) is 0 Å². The van der Waals surface area contributed by atoms with Crippen LogP contribution in [-0.4, -0.2) is 53.1 Å². The average Bonchev–Trinajstić information content (AvgIpc) is 3.09. The summed E-state index contributed by atoms with van der Waals surface area (Å²) in [6.45, 7) is 4.48. The molecule has 4 N–H and O–H groups in total.